The lowest BCUT2D eigenvalue weighted by atomic mass is 9.98. The molecule has 3 aromatic rings. The molecule has 9 heteroatoms. The number of carbonyl (C=O) groups is 1. The second kappa shape index (κ2) is 8.41. The quantitative estimate of drug-likeness (QED) is 0.603. The van der Waals surface area contributed by atoms with E-state index in [9.17, 15) is 13.2 Å². The fraction of sp³-hybridized carbons (Fsp3) is 0.381. The van der Waals surface area contributed by atoms with Crippen LogP contribution in [0.4, 0.5) is 5.13 Å². The first-order chi connectivity index (χ1) is 14.3. The molecular weight excluding hydrogens is 420 g/mol. The highest BCUT2D eigenvalue weighted by atomic mass is 32.2. The van der Waals surface area contributed by atoms with Crippen LogP contribution < -0.4 is 4.90 Å². The summed E-state index contributed by atoms with van der Waals surface area (Å²) >= 11 is 1.47. The molecule has 1 aromatic carbocycles. The van der Waals surface area contributed by atoms with Crippen molar-refractivity contribution in [2.45, 2.75) is 26.3 Å². The smallest absolute Gasteiger partial charge is 0.233 e. The molecule has 1 aliphatic rings. The Kier molecular flexibility index (Phi) is 5.86. The van der Waals surface area contributed by atoms with Gasteiger partial charge in [0.15, 0.2) is 5.13 Å². The molecule has 1 atom stereocenters. The van der Waals surface area contributed by atoms with E-state index in [1.165, 1.54) is 21.9 Å². The minimum Gasteiger partial charge on any atom is -0.282 e. The van der Waals surface area contributed by atoms with Crippen LogP contribution in [0.1, 0.15) is 24.1 Å². The Hall–Kier alpha value is -2.36. The van der Waals surface area contributed by atoms with Crippen LogP contribution in [0, 0.1) is 12.8 Å². The van der Waals surface area contributed by atoms with E-state index in [4.69, 9.17) is 4.98 Å². The van der Waals surface area contributed by atoms with Crippen molar-refractivity contribution in [3.05, 3.63) is 53.9 Å². The van der Waals surface area contributed by atoms with Crippen molar-refractivity contribution in [2.24, 2.45) is 5.92 Å². The normalized spacial score (nSPS) is 17.9. The van der Waals surface area contributed by atoms with E-state index >= 15 is 0 Å². The number of amides is 1. The summed E-state index contributed by atoms with van der Waals surface area (Å²) in [7, 11) is -3.33. The number of aromatic nitrogens is 2. The van der Waals surface area contributed by atoms with Gasteiger partial charge in [-0.1, -0.05) is 23.5 Å². The summed E-state index contributed by atoms with van der Waals surface area (Å²) in [6.07, 6.45) is 4.22. The zero-order valence-corrected chi connectivity index (χ0v) is 18.6. The number of pyridine rings is 1. The number of piperidine rings is 1. The summed E-state index contributed by atoms with van der Waals surface area (Å²) in [5.41, 5.74) is 2.74. The van der Waals surface area contributed by atoms with Gasteiger partial charge in [-0.3, -0.25) is 14.7 Å². The summed E-state index contributed by atoms with van der Waals surface area (Å²) in [5, 5.41) is 0.614. The zero-order valence-electron chi connectivity index (χ0n) is 17.0. The molecule has 0 N–H and O–H groups in total. The Morgan fingerprint density at radius 2 is 2.13 bits per heavy atom. The number of carbonyl (C=O) groups excluding carboxylic acids is 1. The van der Waals surface area contributed by atoms with Crippen LogP contribution in [0.3, 0.4) is 0 Å². The summed E-state index contributed by atoms with van der Waals surface area (Å²) in [6.45, 7) is 2.99. The summed E-state index contributed by atoms with van der Waals surface area (Å²) < 4.78 is 26.5. The molecule has 30 heavy (non-hydrogen) atoms. The lowest BCUT2D eigenvalue weighted by molar-refractivity contribution is -0.123. The van der Waals surface area contributed by atoms with Crippen LogP contribution >= 0.6 is 11.3 Å². The molecule has 1 fully saturated rings. The summed E-state index contributed by atoms with van der Waals surface area (Å²) in [5.74, 6) is -0.504. The third-order valence-electron chi connectivity index (χ3n) is 5.28. The van der Waals surface area contributed by atoms with Crippen LogP contribution in [-0.2, 0) is 21.4 Å². The molecule has 0 bridgehead atoms. The standard InChI is InChI=1S/C21H24N4O3S2/c1-15-8-9-18-19(12-15)29-21(23-18)25(14-17-7-3-4-10-22-17)20(26)16-6-5-11-24(13-16)30(2,27)28/h3-4,7-10,12,16H,5-6,11,13-14H2,1-2H3. The maximum Gasteiger partial charge on any atom is 0.233 e. The lowest BCUT2D eigenvalue weighted by Gasteiger charge is -2.32. The summed E-state index contributed by atoms with van der Waals surface area (Å²) in [4.78, 5) is 24.3. The second-order valence-corrected chi connectivity index (χ2v) is 10.7. The number of nitrogens with zero attached hydrogens (tertiary/aromatic N) is 4. The Balaban J connectivity index is 1.68. The Labute approximate surface area is 180 Å². The van der Waals surface area contributed by atoms with Crippen LogP contribution in [-0.4, -0.2) is 47.9 Å². The van der Waals surface area contributed by atoms with Gasteiger partial charge in [-0.15, -0.1) is 0 Å². The number of rotatable bonds is 5. The van der Waals surface area contributed by atoms with Gasteiger partial charge in [0.2, 0.25) is 15.9 Å². The highest BCUT2D eigenvalue weighted by molar-refractivity contribution is 7.88. The van der Waals surface area contributed by atoms with Crippen LogP contribution in [0.5, 0.6) is 0 Å². The van der Waals surface area contributed by atoms with Crippen LogP contribution in [0.25, 0.3) is 10.2 Å². The SMILES string of the molecule is Cc1ccc2nc(N(Cc3ccccn3)C(=O)C3CCCN(S(C)(=O)=O)C3)sc2c1. The number of aryl methyl sites for hydroxylation is 1. The van der Waals surface area contributed by atoms with Gasteiger partial charge in [0.1, 0.15) is 0 Å². The van der Waals surface area contributed by atoms with Gasteiger partial charge in [0.05, 0.1) is 34.6 Å². The predicted octanol–water partition coefficient (Wildman–Crippen LogP) is 3.20. The average molecular weight is 445 g/mol. The van der Waals surface area contributed by atoms with Crippen molar-refractivity contribution in [1.29, 1.82) is 0 Å². The fourth-order valence-corrected chi connectivity index (χ4v) is 5.67. The van der Waals surface area contributed by atoms with Crippen molar-refractivity contribution in [2.75, 3.05) is 24.2 Å². The van der Waals surface area contributed by atoms with E-state index in [0.717, 1.165) is 21.5 Å². The predicted molar refractivity (Wildman–Crippen MR) is 119 cm³/mol. The van der Waals surface area contributed by atoms with Gasteiger partial charge < -0.3 is 0 Å². The minimum atomic E-state index is -3.33. The molecule has 158 valence electrons. The van der Waals surface area contributed by atoms with Crippen molar-refractivity contribution in [3.8, 4) is 0 Å². The van der Waals surface area contributed by atoms with Gasteiger partial charge in [-0.05, 0) is 49.6 Å². The van der Waals surface area contributed by atoms with E-state index in [-0.39, 0.29) is 12.5 Å². The first-order valence-electron chi connectivity index (χ1n) is 9.85. The van der Waals surface area contributed by atoms with Gasteiger partial charge in [-0.2, -0.15) is 0 Å². The minimum absolute atomic E-state index is 0.107. The zero-order chi connectivity index (χ0) is 21.3. The second-order valence-electron chi connectivity index (χ2n) is 7.67. The Bertz CT molecular complexity index is 1160. The first-order valence-corrected chi connectivity index (χ1v) is 12.5. The van der Waals surface area contributed by atoms with Gasteiger partial charge in [-0.25, -0.2) is 17.7 Å². The van der Waals surface area contributed by atoms with Crippen LogP contribution in [0.15, 0.2) is 42.6 Å². The lowest BCUT2D eigenvalue weighted by Crippen LogP contribution is -2.46. The van der Waals surface area contributed by atoms with E-state index in [1.807, 2.05) is 37.3 Å². The maximum atomic E-state index is 13.6. The number of hydrogen-bond acceptors (Lipinski definition) is 6. The highest BCUT2D eigenvalue weighted by Crippen LogP contribution is 2.32. The number of thiazole rings is 1. The highest BCUT2D eigenvalue weighted by Gasteiger charge is 2.34. The van der Waals surface area contributed by atoms with E-state index < -0.39 is 15.9 Å². The number of anilines is 1. The van der Waals surface area contributed by atoms with Crippen LogP contribution in [0.2, 0.25) is 0 Å². The Morgan fingerprint density at radius 1 is 1.30 bits per heavy atom. The van der Waals surface area contributed by atoms with Gasteiger partial charge >= 0.3 is 0 Å². The maximum absolute atomic E-state index is 13.6. The molecular formula is C21H24N4O3S2. The Morgan fingerprint density at radius 3 is 2.87 bits per heavy atom. The molecule has 1 saturated heterocycles. The molecule has 1 amide bonds. The number of hydrogen-bond donors (Lipinski definition) is 0. The molecule has 0 aliphatic carbocycles. The van der Waals surface area contributed by atoms with E-state index in [0.29, 0.717) is 31.1 Å². The molecule has 1 aliphatic heterocycles. The molecule has 3 heterocycles. The van der Waals surface area contributed by atoms with Crippen molar-refractivity contribution < 1.29 is 13.2 Å². The number of benzene rings is 1. The first kappa shape index (κ1) is 20.9. The third-order valence-corrected chi connectivity index (χ3v) is 7.59. The van der Waals surface area contributed by atoms with Gasteiger partial charge in [0.25, 0.3) is 0 Å². The third kappa shape index (κ3) is 4.53. The molecule has 0 radical (unpaired) electrons. The molecule has 7 nitrogen and oxygen atoms in total. The summed E-state index contributed by atoms with van der Waals surface area (Å²) in [6, 6.07) is 11.6. The fourth-order valence-electron chi connectivity index (χ4n) is 3.69. The number of sulfonamides is 1. The van der Waals surface area contributed by atoms with Crippen molar-refractivity contribution in [3.63, 3.8) is 0 Å². The number of fused-ring (bicyclic) bond motifs is 1. The molecule has 0 spiro atoms. The van der Waals surface area contributed by atoms with E-state index in [1.54, 1.807) is 11.1 Å². The van der Waals surface area contributed by atoms with Gasteiger partial charge in [0, 0.05) is 19.3 Å². The van der Waals surface area contributed by atoms with Crippen molar-refractivity contribution >= 4 is 42.6 Å². The largest absolute Gasteiger partial charge is 0.282 e. The topological polar surface area (TPSA) is 83.5 Å². The van der Waals surface area contributed by atoms with E-state index in [2.05, 4.69) is 11.1 Å². The molecule has 1 unspecified atom stereocenters. The molecule has 0 saturated carbocycles. The monoisotopic (exact) mass is 444 g/mol. The average Bonchev–Trinajstić information content (AvgIpc) is 3.14. The molecule has 2 aromatic heterocycles. The molecule has 4 rings (SSSR count). The van der Waals surface area contributed by atoms with Crippen molar-refractivity contribution in [1.82, 2.24) is 14.3 Å².